The van der Waals surface area contributed by atoms with Crippen LogP contribution < -0.4 is 10.1 Å². The van der Waals surface area contributed by atoms with Gasteiger partial charge in [0.15, 0.2) is 0 Å². The van der Waals surface area contributed by atoms with Crippen LogP contribution in [0.1, 0.15) is 44.6 Å². The molecule has 1 aromatic rings. The minimum atomic E-state index is -0.991. The SMILES string of the molecule is CCCCC(NC(=O)C(C)c1cccc(OC)c1)C(=O)O. The Hall–Kier alpha value is -2.04. The number of carboxylic acids is 1. The normalized spacial score (nSPS) is 13.3. The maximum atomic E-state index is 12.2. The van der Waals surface area contributed by atoms with Crippen molar-refractivity contribution >= 4 is 11.9 Å². The number of carbonyl (C=O) groups excluding carboxylic acids is 1. The van der Waals surface area contributed by atoms with Crippen LogP contribution in [0.15, 0.2) is 24.3 Å². The molecule has 5 nitrogen and oxygen atoms in total. The van der Waals surface area contributed by atoms with Gasteiger partial charge < -0.3 is 15.2 Å². The number of hydrogen-bond acceptors (Lipinski definition) is 3. The number of rotatable bonds is 8. The van der Waals surface area contributed by atoms with Gasteiger partial charge in [0.25, 0.3) is 0 Å². The molecule has 0 aromatic heterocycles. The summed E-state index contributed by atoms with van der Waals surface area (Å²) in [6, 6.07) is 6.39. The summed E-state index contributed by atoms with van der Waals surface area (Å²) in [5.41, 5.74) is 0.798. The van der Waals surface area contributed by atoms with Gasteiger partial charge in [0, 0.05) is 0 Å². The first kappa shape index (κ1) is 17.0. The second-order valence-corrected chi connectivity index (χ2v) is 5.04. The molecule has 2 unspecified atom stereocenters. The van der Waals surface area contributed by atoms with Crippen LogP contribution in [0.25, 0.3) is 0 Å². The van der Waals surface area contributed by atoms with Gasteiger partial charge in [0.2, 0.25) is 5.91 Å². The molecule has 0 bridgehead atoms. The second-order valence-electron chi connectivity index (χ2n) is 5.04. The van der Waals surface area contributed by atoms with Gasteiger partial charge in [-0.1, -0.05) is 31.9 Å². The molecular weight excluding hydrogens is 270 g/mol. The van der Waals surface area contributed by atoms with Crippen LogP contribution in [0.2, 0.25) is 0 Å². The Balaban J connectivity index is 2.74. The minimum Gasteiger partial charge on any atom is -0.497 e. The number of ether oxygens (including phenoxy) is 1. The zero-order valence-electron chi connectivity index (χ0n) is 12.8. The summed E-state index contributed by atoms with van der Waals surface area (Å²) in [6.07, 6.45) is 2.11. The number of methoxy groups -OCH3 is 1. The topological polar surface area (TPSA) is 75.6 Å². The summed E-state index contributed by atoms with van der Waals surface area (Å²) in [5.74, 6) is -1.03. The third-order valence-electron chi connectivity index (χ3n) is 3.45. The van der Waals surface area contributed by atoms with Crippen molar-refractivity contribution in [2.24, 2.45) is 0 Å². The average molecular weight is 293 g/mol. The summed E-state index contributed by atoms with van der Waals surface area (Å²) in [5, 5.41) is 11.8. The van der Waals surface area contributed by atoms with Crippen molar-refractivity contribution in [1.29, 1.82) is 0 Å². The van der Waals surface area contributed by atoms with Crippen LogP contribution in [0.3, 0.4) is 0 Å². The summed E-state index contributed by atoms with van der Waals surface area (Å²) < 4.78 is 5.13. The van der Waals surface area contributed by atoms with Crippen molar-refractivity contribution < 1.29 is 19.4 Å². The molecule has 0 saturated carbocycles. The number of nitrogens with one attached hydrogen (secondary N) is 1. The quantitative estimate of drug-likeness (QED) is 0.772. The van der Waals surface area contributed by atoms with E-state index in [2.05, 4.69) is 5.32 Å². The van der Waals surface area contributed by atoms with Gasteiger partial charge in [-0.15, -0.1) is 0 Å². The molecule has 0 radical (unpaired) electrons. The van der Waals surface area contributed by atoms with Gasteiger partial charge in [-0.25, -0.2) is 4.79 Å². The third kappa shape index (κ3) is 5.10. The van der Waals surface area contributed by atoms with Crippen molar-refractivity contribution in [3.05, 3.63) is 29.8 Å². The van der Waals surface area contributed by atoms with Crippen LogP contribution in [0, 0.1) is 0 Å². The number of carbonyl (C=O) groups is 2. The maximum absolute atomic E-state index is 12.2. The van der Waals surface area contributed by atoms with E-state index < -0.39 is 17.9 Å². The van der Waals surface area contributed by atoms with Crippen LogP contribution >= 0.6 is 0 Å². The smallest absolute Gasteiger partial charge is 0.326 e. The Bertz CT molecular complexity index is 487. The van der Waals surface area contributed by atoms with Gasteiger partial charge in [0.1, 0.15) is 11.8 Å². The Labute approximate surface area is 125 Å². The Morgan fingerprint density at radius 2 is 2.10 bits per heavy atom. The second kappa shape index (κ2) is 8.29. The molecule has 1 rings (SSSR count). The molecule has 0 aliphatic carbocycles. The number of carboxylic acid groups (broad SMARTS) is 1. The molecular formula is C16H23NO4. The van der Waals surface area contributed by atoms with Crippen molar-refractivity contribution in [3.63, 3.8) is 0 Å². The van der Waals surface area contributed by atoms with E-state index in [-0.39, 0.29) is 5.91 Å². The summed E-state index contributed by atoms with van der Waals surface area (Å²) in [6.45, 7) is 3.74. The first-order valence-corrected chi connectivity index (χ1v) is 7.16. The number of unbranched alkanes of at least 4 members (excludes halogenated alkanes) is 1. The lowest BCUT2D eigenvalue weighted by molar-refractivity contribution is -0.142. The summed E-state index contributed by atoms with van der Waals surface area (Å²) in [4.78, 5) is 23.4. The van der Waals surface area contributed by atoms with Gasteiger partial charge in [-0.05, 0) is 31.0 Å². The predicted molar refractivity (Wildman–Crippen MR) is 80.5 cm³/mol. The lowest BCUT2D eigenvalue weighted by atomic mass is 9.99. The fourth-order valence-corrected chi connectivity index (χ4v) is 2.02. The number of amides is 1. The fourth-order valence-electron chi connectivity index (χ4n) is 2.02. The highest BCUT2D eigenvalue weighted by atomic mass is 16.5. The van der Waals surface area contributed by atoms with Gasteiger partial charge in [-0.2, -0.15) is 0 Å². The fraction of sp³-hybridized carbons (Fsp3) is 0.500. The van der Waals surface area contributed by atoms with Crippen molar-refractivity contribution in [1.82, 2.24) is 5.32 Å². The molecule has 0 aliphatic rings. The van der Waals surface area contributed by atoms with Crippen molar-refractivity contribution in [3.8, 4) is 5.75 Å². The van der Waals surface area contributed by atoms with Crippen molar-refractivity contribution in [2.45, 2.75) is 45.1 Å². The Kier molecular flexibility index (Phi) is 6.72. The number of benzene rings is 1. The largest absolute Gasteiger partial charge is 0.497 e. The van der Waals surface area contributed by atoms with Gasteiger partial charge in [-0.3, -0.25) is 4.79 Å². The van der Waals surface area contributed by atoms with E-state index in [4.69, 9.17) is 9.84 Å². The Morgan fingerprint density at radius 3 is 2.67 bits per heavy atom. The van der Waals surface area contributed by atoms with Gasteiger partial charge in [0.05, 0.1) is 13.0 Å². The maximum Gasteiger partial charge on any atom is 0.326 e. The lowest BCUT2D eigenvalue weighted by Crippen LogP contribution is -2.42. The number of aliphatic carboxylic acids is 1. The molecule has 21 heavy (non-hydrogen) atoms. The molecule has 0 aliphatic heterocycles. The standard InChI is InChI=1S/C16H23NO4/c1-4-5-9-14(16(19)20)17-15(18)11(2)12-7-6-8-13(10-12)21-3/h6-8,10-11,14H,4-5,9H2,1-3H3,(H,17,18)(H,19,20). The predicted octanol–water partition coefficient (Wildman–Crippen LogP) is 2.56. The van der Waals surface area contributed by atoms with E-state index in [1.165, 1.54) is 0 Å². The highest BCUT2D eigenvalue weighted by molar-refractivity contribution is 5.87. The molecule has 0 fully saturated rings. The van der Waals surface area contributed by atoms with Crippen molar-refractivity contribution in [2.75, 3.05) is 7.11 Å². The zero-order valence-corrected chi connectivity index (χ0v) is 12.8. The highest BCUT2D eigenvalue weighted by Gasteiger charge is 2.23. The van der Waals surface area contributed by atoms with Crippen LogP contribution in [-0.4, -0.2) is 30.1 Å². The van der Waals surface area contributed by atoms with Crippen LogP contribution in [-0.2, 0) is 9.59 Å². The van der Waals surface area contributed by atoms with Gasteiger partial charge >= 0.3 is 5.97 Å². The third-order valence-corrected chi connectivity index (χ3v) is 3.45. The zero-order chi connectivity index (χ0) is 15.8. The summed E-state index contributed by atoms with van der Waals surface area (Å²) in [7, 11) is 1.56. The summed E-state index contributed by atoms with van der Waals surface area (Å²) >= 11 is 0. The average Bonchev–Trinajstić information content (AvgIpc) is 2.50. The van der Waals surface area contributed by atoms with E-state index in [1.54, 1.807) is 26.2 Å². The monoisotopic (exact) mass is 293 g/mol. The van der Waals surface area contributed by atoms with E-state index in [1.807, 2.05) is 19.1 Å². The minimum absolute atomic E-state index is 0.285. The molecule has 116 valence electrons. The first-order chi connectivity index (χ1) is 9.99. The van der Waals surface area contributed by atoms with E-state index in [0.717, 1.165) is 18.4 Å². The molecule has 0 saturated heterocycles. The lowest BCUT2D eigenvalue weighted by Gasteiger charge is -2.18. The molecule has 2 atom stereocenters. The molecule has 0 heterocycles. The molecule has 1 amide bonds. The van der Waals surface area contributed by atoms with E-state index in [0.29, 0.717) is 12.2 Å². The molecule has 5 heteroatoms. The van der Waals surface area contributed by atoms with Crippen LogP contribution in [0.5, 0.6) is 5.75 Å². The molecule has 2 N–H and O–H groups in total. The van der Waals surface area contributed by atoms with Crippen LogP contribution in [0.4, 0.5) is 0 Å². The highest BCUT2D eigenvalue weighted by Crippen LogP contribution is 2.21. The molecule has 0 spiro atoms. The van der Waals surface area contributed by atoms with E-state index in [9.17, 15) is 9.59 Å². The molecule has 1 aromatic carbocycles. The number of hydrogen-bond donors (Lipinski definition) is 2. The first-order valence-electron chi connectivity index (χ1n) is 7.16. The van der Waals surface area contributed by atoms with E-state index >= 15 is 0 Å². The Morgan fingerprint density at radius 1 is 1.38 bits per heavy atom.